The van der Waals surface area contributed by atoms with E-state index >= 15 is 0 Å². The molecular formula is C18H20ClN3O2. The van der Waals surface area contributed by atoms with Crippen LogP contribution in [0.25, 0.3) is 0 Å². The predicted molar refractivity (Wildman–Crippen MR) is 92.9 cm³/mol. The first-order valence-corrected chi connectivity index (χ1v) is 8.35. The molecule has 0 radical (unpaired) electrons. The lowest BCUT2D eigenvalue weighted by Crippen LogP contribution is -2.47. The summed E-state index contributed by atoms with van der Waals surface area (Å²) in [5.41, 5.74) is 1.75. The average Bonchev–Trinajstić information content (AvgIpc) is 2.63. The Morgan fingerprint density at radius 3 is 2.88 bits per heavy atom. The highest BCUT2D eigenvalue weighted by Crippen LogP contribution is 2.28. The number of ether oxygens (including phenoxy) is 1. The van der Waals surface area contributed by atoms with E-state index in [4.69, 9.17) is 16.3 Å². The molecule has 2 aromatic rings. The van der Waals surface area contributed by atoms with Gasteiger partial charge in [-0.25, -0.2) is 4.79 Å². The monoisotopic (exact) mass is 345 g/mol. The predicted octanol–water partition coefficient (Wildman–Crippen LogP) is 3.58. The van der Waals surface area contributed by atoms with Gasteiger partial charge in [0.15, 0.2) is 0 Å². The second-order valence-electron chi connectivity index (χ2n) is 5.75. The van der Waals surface area contributed by atoms with Crippen LogP contribution in [0.3, 0.4) is 0 Å². The number of hydrogen-bond acceptors (Lipinski definition) is 3. The van der Waals surface area contributed by atoms with Crippen molar-refractivity contribution in [1.82, 2.24) is 15.2 Å². The van der Waals surface area contributed by atoms with E-state index in [1.54, 1.807) is 11.1 Å². The summed E-state index contributed by atoms with van der Waals surface area (Å²) in [5, 5.41) is 3.65. The number of nitrogens with zero attached hydrogens (tertiary/aromatic N) is 2. The molecule has 2 unspecified atom stereocenters. The van der Waals surface area contributed by atoms with Crippen LogP contribution in [-0.2, 0) is 4.74 Å². The van der Waals surface area contributed by atoms with E-state index in [0.29, 0.717) is 24.7 Å². The molecule has 1 saturated heterocycles. The minimum Gasteiger partial charge on any atom is -0.370 e. The molecule has 5 nitrogen and oxygen atoms in total. The maximum atomic E-state index is 12.5. The van der Waals surface area contributed by atoms with Crippen LogP contribution in [-0.4, -0.2) is 35.6 Å². The Bertz CT molecular complexity index is 696. The van der Waals surface area contributed by atoms with E-state index < -0.39 is 0 Å². The topological polar surface area (TPSA) is 54.5 Å². The molecule has 1 N–H and O–H groups in total. The number of carbonyl (C=O) groups is 1. The molecule has 1 aromatic heterocycles. The molecule has 1 aliphatic rings. The van der Waals surface area contributed by atoms with Gasteiger partial charge < -0.3 is 15.0 Å². The second-order valence-corrected chi connectivity index (χ2v) is 6.16. The van der Waals surface area contributed by atoms with E-state index in [1.807, 2.05) is 49.4 Å². The third-order valence-electron chi connectivity index (χ3n) is 4.08. The number of amides is 2. The minimum absolute atomic E-state index is 0.117. The zero-order valence-corrected chi connectivity index (χ0v) is 14.2. The Labute approximate surface area is 146 Å². The van der Waals surface area contributed by atoms with Gasteiger partial charge in [0.2, 0.25) is 0 Å². The van der Waals surface area contributed by atoms with Gasteiger partial charge in [0.05, 0.1) is 24.9 Å². The van der Waals surface area contributed by atoms with Gasteiger partial charge in [-0.05, 0) is 25.1 Å². The molecule has 1 fully saturated rings. The van der Waals surface area contributed by atoms with Crippen LogP contribution in [0, 0.1) is 0 Å². The lowest BCUT2D eigenvalue weighted by molar-refractivity contribution is -0.0157. The molecule has 2 amide bonds. The van der Waals surface area contributed by atoms with Crippen LogP contribution in [0.15, 0.2) is 48.7 Å². The van der Waals surface area contributed by atoms with E-state index in [0.717, 1.165) is 11.3 Å². The van der Waals surface area contributed by atoms with Crippen molar-refractivity contribution in [2.45, 2.75) is 19.1 Å². The Morgan fingerprint density at radius 2 is 2.12 bits per heavy atom. The Balaban J connectivity index is 1.64. The van der Waals surface area contributed by atoms with Gasteiger partial charge in [-0.15, -0.1) is 0 Å². The Kier molecular flexibility index (Phi) is 5.33. The summed E-state index contributed by atoms with van der Waals surface area (Å²) in [4.78, 5) is 18.6. The highest BCUT2D eigenvalue weighted by Gasteiger charge is 2.27. The number of benzene rings is 1. The van der Waals surface area contributed by atoms with E-state index in [9.17, 15) is 4.79 Å². The Morgan fingerprint density at radius 1 is 1.33 bits per heavy atom. The van der Waals surface area contributed by atoms with Crippen molar-refractivity contribution in [3.05, 3.63) is 64.9 Å². The van der Waals surface area contributed by atoms with Gasteiger partial charge in [0.1, 0.15) is 6.10 Å². The van der Waals surface area contributed by atoms with Gasteiger partial charge in [0, 0.05) is 23.3 Å². The van der Waals surface area contributed by atoms with Crippen LogP contribution < -0.4 is 5.32 Å². The standard InChI is InChI=1S/C18H20ClN3O2/c1-13(16-8-4-5-9-20-16)21-18(23)22-10-11-24-17(12-22)14-6-2-3-7-15(14)19/h2-9,13,17H,10-12H2,1H3,(H,21,23). The SMILES string of the molecule is CC(NC(=O)N1CCOC(c2ccccc2Cl)C1)c1ccccn1. The van der Waals surface area contributed by atoms with Crippen molar-refractivity contribution in [2.24, 2.45) is 0 Å². The fourth-order valence-corrected chi connectivity index (χ4v) is 3.00. The molecule has 2 atom stereocenters. The smallest absolute Gasteiger partial charge is 0.318 e. The van der Waals surface area contributed by atoms with Crippen molar-refractivity contribution in [2.75, 3.05) is 19.7 Å². The van der Waals surface area contributed by atoms with Crippen molar-refractivity contribution < 1.29 is 9.53 Å². The number of aromatic nitrogens is 1. The first-order valence-electron chi connectivity index (χ1n) is 7.97. The second kappa shape index (κ2) is 7.64. The number of rotatable bonds is 3. The van der Waals surface area contributed by atoms with Gasteiger partial charge in [-0.2, -0.15) is 0 Å². The van der Waals surface area contributed by atoms with Gasteiger partial charge in [0.25, 0.3) is 0 Å². The molecule has 6 heteroatoms. The van der Waals surface area contributed by atoms with Gasteiger partial charge >= 0.3 is 6.03 Å². The van der Waals surface area contributed by atoms with Crippen molar-refractivity contribution in [1.29, 1.82) is 0 Å². The third kappa shape index (κ3) is 3.86. The average molecular weight is 346 g/mol. The fourth-order valence-electron chi connectivity index (χ4n) is 2.74. The zero-order chi connectivity index (χ0) is 16.9. The third-order valence-corrected chi connectivity index (χ3v) is 4.42. The van der Waals surface area contributed by atoms with Crippen LogP contribution in [0.5, 0.6) is 0 Å². The zero-order valence-electron chi connectivity index (χ0n) is 13.5. The summed E-state index contributed by atoms with van der Waals surface area (Å²) in [6.45, 7) is 3.44. The molecule has 3 rings (SSSR count). The normalized spacial score (nSPS) is 18.9. The highest BCUT2D eigenvalue weighted by molar-refractivity contribution is 6.31. The van der Waals surface area contributed by atoms with Gasteiger partial charge in [-0.1, -0.05) is 35.9 Å². The van der Waals surface area contributed by atoms with Crippen LogP contribution >= 0.6 is 11.6 Å². The molecule has 126 valence electrons. The first kappa shape index (κ1) is 16.7. The van der Waals surface area contributed by atoms with E-state index in [-0.39, 0.29) is 18.2 Å². The van der Waals surface area contributed by atoms with Gasteiger partial charge in [-0.3, -0.25) is 4.98 Å². The number of nitrogens with one attached hydrogen (secondary N) is 1. The summed E-state index contributed by atoms with van der Waals surface area (Å²) >= 11 is 6.24. The lowest BCUT2D eigenvalue weighted by atomic mass is 10.1. The first-order chi connectivity index (χ1) is 11.6. The molecule has 2 heterocycles. The quantitative estimate of drug-likeness (QED) is 0.925. The largest absolute Gasteiger partial charge is 0.370 e. The molecule has 0 aliphatic carbocycles. The summed E-state index contributed by atoms with van der Waals surface area (Å²) in [5.74, 6) is 0. The maximum Gasteiger partial charge on any atom is 0.318 e. The Hall–Kier alpha value is -2.11. The molecule has 24 heavy (non-hydrogen) atoms. The summed E-state index contributed by atoms with van der Waals surface area (Å²) in [6.07, 6.45) is 1.52. The number of urea groups is 1. The summed E-state index contributed by atoms with van der Waals surface area (Å²) in [6, 6.07) is 13.0. The van der Waals surface area contributed by atoms with Crippen molar-refractivity contribution in [3.8, 4) is 0 Å². The number of halogens is 1. The lowest BCUT2D eigenvalue weighted by Gasteiger charge is -2.34. The molecule has 1 aliphatic heterocycles. The molecule has 0 saturated carbocycles. The van der Waals surface area contributed by atoms with E-state index in [1.165, 1.54) is 0 Å². The summed E-state index contributed by atoms with van der Waals surface area (Å²) < 4.78 is 5.80. The molecular weight excluding hydrogens is 326 g/mol. The number of carbonyl (C=O) groups excluding carboxylic acids is 1. The number of hydrogen-bond donors (Lipinski definition) is 1. The minimum atomic E-state index is -0.205. The highest BCUT2D eigenvalue weighted by atomic mass is 35.5. The van der Waals surface area contributed by atoms with Crippen LogP contribution in [0.2, 0.25) is 5.02 Å². The maximum absolute atomic E-state index is 12.5. The summed E-state index contributed by atoms with van der Waals surface area (Å²) in [7, 11) is 0. The van der Waals surface area contributed by atoms with E-state index in [2.05, 4.69) is 10.3 Å². The van der Waals surface area contributed by atoms with Crippen molar-refractivity contribution >= 4 is 17.6 Å². The molecule has 1 aromatic carbocycles. The number of morpholine rings is 1. The van der Waals surface area contributed by atoms with Crippen LogP contribution in [0.4, 0.5) is 4.79 Å². The van der Waals surface area contributed by atoms with Crippen LogP contribution in [0.1, 0.15) is 30.3 Å². The molecule has 0 spiro atoms. The molecule has 0 bridgehead atoms. The fraction of sp³-hybridized carbons (Fsp3) is 0.333. The number of pyridine rings is 1. The van der Waals surface area contributed by atoms with Crippen molar-refractivity contribution in [3.63, 3.8) is 0 Å².